The van der Waals surface area contributed by atoms with E-state index in [9.17, 15) is 5.26 Å². The number of aliphatic imine (C=N–C) groups is 1. The largest absolute Gasteiger partial charge is 0.397 e. The zero-order valence-corrected chi connectivity index (χ0v) is 16.5. The summed E-state index contributed by atoms with van der Waals surface area (Å²) in [6, 6.07) is 15.9. The summed E-state index contributed by atoms with van der Waals surface area (Å²) in [6.07, 6.45) is 2.92. The normalized spacial score (nSPS) is 16.8. The summed E-state index contributed by atoms with van der Waals surface area (Å²) < 4.78 is 0. The number of nitrogens with zero attached hydrogens (tertiary/aromatic N) is 4. The number of benzene rings is 2. The van der Waals surface area contributed by atoms with Crippen LogP contribution in [0.3, 0.4) is 0 Å². The van der Waals surface area contributed by atoms with Crippen LogP contribution in [0.4, 0.5) is 17.1 Å². The van der Waals surface area contributed by atoms with Crippen molar-refractivity contribution in [3.63, 3.8) is 0 Å². The van der Waals surface area contributed by atoms with Crippen molar-refractivity contribution < 1.29 is 0 Å². The monoisotopic (exact) mass is 390 g/mol. The van der Waals surface area contributed by atoms with Gasteiger partial charge >= 0.3 is 0 Å². The molecule has 2 heterocycles. The van der Waals surface area contributed by atoms with E-state index in [0.29, 0.717) is 5.96 Å². The number of nitrogen functional groups attached to an aromatic ring is 1. The van der Waals surface area contributed by atoms with Crippen LogP contribution in [0, 0.1) is 18.4 Å². The minimum atomic E-state index is 0.599. The number of aryl methyl sites for hydroxylation is 1. The number of para-hydroxylation sites is 3. The van der Waals surface area contributed by atoms with Crippen LogP contribution >= 0.6 is 11.8 Å². The van der Waals surface area contributed by atoms with Crippen molar-refractivity contribution in [3.8, 4) is 6.19 Å². The molecule has 6 nitrogen and oxygen atoms in total. The van der Waals surface area contributed by atoms with Gasteiger partial charge in [-0.15, -0.1) is 11.8 Å². The molecule has 142 valence electrons. The van der Waals surface area contributed by atoms with E-state index in [-0.39, 0.29) is 0 Å². The molecule has 4 rings (SSSR count). The molecule has 0 unspecified atom stereocenters. The summed E-state index contributed by atoms with van der Waals surface area (Å²) in [5, 5.41) is 12.0. The lowest BCUT2D eigenvalue weighted by atomic mass is 10.1. The Morgan fingerprint density at radius 1 is 1.21 bits per heavy atom. The number of hydrogen-bond acceptors (Lipinski definition) is 5. The fourth-order valence-electron chi connectivity index (χ4n) is 3.52. The number of nitriles is 1. The zero-order valence-electron chi connectivity index (χ0n) is 15.7. The lowest BCUT2D eigenvalue weighted by molar-refractivity contribution is 0.430. The SMILES string of the molecule is Cc1ccccc1N=C(NC#N)N1CCC2=C(C1)SCN2c1ccccc1N. The van der Waals surface area contributed by atoms with Crippen molar-refractivity contribution in [2.24, 2.45) is 4.99 Å². The van der Waals surface area contributed by atoms with Crippen molar-refractivity contribution in [1.29, 1.82) is 5.26 Å². The maximum atomic E-state index is 9.22. The van der Waals surface area contributed by atoms with Gasteiger partial charge in [-0.25, -0.2) is 4.99 Å². The topological polar surface area (TPSA) is 80.7 Å². The van der Waals surface area contributed by atoms with Crippen LogP contribution in [0.5, 0.6) is 0 Å². The van der Waals surface area contributed by atoms with Gasteiger partial charge in [0.05, 0.1) is 29.5 Å². The highest BCUT2D eigenvalue weighted by molar-refractivity contribution is 8.03. The van der Waals surface area contributed by atoms with E-state index < -0.39 is 0 Å². The van der Waals surface area contributed by atoms with E-state index in [1.807, 2.05) is 67.3 Å². The molecule has 2 aliphatic heterocycles. The molecule has 0 aliphatic carbocycles. The van der Waals surface area contributed by atoms with E-state index >= 15 is 0 Å². The third kappa shape index (κ3) is 3.51. The fraction of sp³-hybridized carbons (Fsp3) is 0.238. The van der Waals surface area contributed by atoms with Crippen LogP contribution in [0.1, 0.15) is 12.0 Å². The Hall–Kier alpha value is -3.11. The van der Waals surface area contributed by atoms with Gasteiger partial charge in [-0.05, 0) is 30.7 Å². The first-order chi connectivity index (χ1) is 13.7. The zero-order chi connectivity index (χ0) is 19.5. The van der Waals surface area contributed by atoms with E-state index in [2.05, 4.69) is 21.2 Å². The second kappa shape index (κ2) is 7.87. The quantitative estimate of drug-likeness (QED) is 0.267. The van der Waals surface area contributed by atoms with Gasteiger partial charge in [-0.2, -0.15) is 5.26 Å². The molecule has 0 amide bonds. The average Bonchev–Trinajstić information content (AvgIpc) is 3.12. The van der Waals surface area contributed by atoms with Crippen LogP contribution in [0.15, 0.2) is 64.1 Å². The molecule has 0 aromatic heterocycles. The van der Waals surface area contributed by atoms with Crippen LogP contribution in [0.25, 0.3) is 0 Å². The lowest BCUT2D eigenvalue weighted by Gasteiger charge is -2.32. The van der Waals surface area contributed by atoms with E-state index in [4.69, 9.17) is 10.7 Å². The Bertz CT molecular complexity index is 990. The van der Waals surface area contributed by atoms with E-state index in [1.54, 1.807) is 0 Å². The second-order valence-corrected chi connectivity index (χ2v) is 7.80. The van der Waals surface area contributed by atoms with Crippen LogP contribution < -0.4 is 16.0 Å². The van der Waals surface area contributed by atoms with Gasteiger partial charge in [0.25, 0.3) is 0 Å². The molecule has 2 aromatic carbocycles. The number of hydrogen-bond donors (Lipinski definition) is 2. The first-order valence-electron chi connectivity index (χ1n) is 9.18. The van der Waals surface area contributed by atoms with Crippen molar-refractivity contribution in [2.45, 2.75) is 13.3 Å². The first kappa shape index (κ1) is 18.3. The molecule has 0 saturated heterocycles. The Kier molecular flexibility index (Phi) is 5.13. The number of thioether (sulfide) groups is 1. The first-order valence-corrected chi connectivity index (χ1v) is 10.2. The van der Waals surface area contributed by atoms with Crippen LogP contribution in [-0.2, 0) is 0 Å². The van der Waals surface area contributed by atoms with Crippen molar-refractivity contribution in [2.75, 3.05) is 29.6 Å². The second-order valence-electron chi connectivity index (χ2n) is 6.76. The van der Waals surface area contributed by atoms with Gasteiger partial charge in [-0.3, -0.25) is 5.32 Å². The summed E-state index contributed by atoms with van der Waals surface area (Å²) in [4.78, 5) is 10.5. The number of anilines is 2. The van der Waals surface area contributed by atoms with Gasteiger partial charge in [0, 0.05) is 23.6 Å². The molecule has 0 saturated carbocycles. The highest BCUT2D eigenvalue weighted by atomic mass is 32.2. The predicted octanol–water partition coefficient (Wildman–Crippen LogP) is 3.76. The molecule has 0 fully saturated rings. The minimum Gasteiger partial charge on any atom is -0.397 e. The number of nitrogens with two attached hydrogens (primary N) is 1. The van der Waals surface area contributed by atoms with Gasteiger partial charge in [0.2, 0.25) is 5.96 Å². The standard InChI is InChI=1S/C21H22N6S/c1-15-6-2-4-8-17(15)25-21(24-13-22)26-11-10-19-20(12-26)28-14-27(19)18-9-5-3-7-16(18)23/h2-9H,10-12,14,23H2,1H3,(H,24,25). The third-order valence-corrected chi connectivity index (χ3v) is 6.11. The van der Waals surface area contributed by atoms with Gasteiger partial charge in [-0.1, -0.05) is 30.3 Å². The van der Waals surface area contributed by atoms with Crippen molar-refractivity contribution in [1.82, 2.24) is 10.2 Å². The van der Waals surface area contributed by atoms with Crippen molar-refractivity contribution >= 4 is 34.8 Å². The molecule has 7 heteroatoms. The average molecular weight is 391 g/mol. The summed E-state index contributed by atoms with van der Waals surface area (Å²) in [5.74, 6) is 1.46. The Balaban J connectivity index is 1.59. The molecule has 0 spiro atoms. The Morgan fingerprint density at radius 3 is 2.79 bits per heavy atom. The number of rotatable bonds is 2. The molecule has 0 bridgehead atoms. The molecule has 0 atom stereocenters. The minimum absolute atomic E-state index is 0.599. The molecule has 2 aromatic rings. The summed E-state index contributed by atoms with van der Waals surface area (Å²) >= 11 is 1.83. The summed E-state index contributed by atoms with van der Waals surface area (Å²) in [7, 11) is 0. The van der Waals surface area contributed by atoms with Crippen LogP contribution in [-0.4, -0.2) is 29.8 Å². The molecule has 2 aliphatic rings. The predicted molar refractivity (Wildman–Crippen MR) is 116 cm³/mol. The summed E-state index contributed by atoms with van der Waals surface area (Å²) in [5.41, 5.74) is 11.3. The van der Waals surface area contributed by atoms with Crippen LogP contribution in [0.2, 0.25) is 0 Å². The number of nitrogens with one attached hydrogen (secondary N) is 1. The molecule has 28 heavy (non-hydrogen) atoms. The van der Waals surface area contributed by atoms with E-state index in [1.165, 1.54) is 10.6 Å². The Morgan fingerprint density at radius 2 is 2.00 bits per heavy atom. The number of guanidine groups is 1. The van der Waals surface area contributed by atoms with Gasteiger partial charge in [0.1, 0.15) is 0 Å². The molecular formula is C21H22N6S. The van der Waals surface area contributed by atoms with E-state index in [0.717, 1.165) is 48.0 Å². The highest BCUT2D eigenvalue weighted by Gasteiger charge is 2.31. The lowest BCUT2D eigenvalue weighted by Crippen LogP contribution is -2.43. The maximum absolute atomic E-state index is 9.22. The Labute approximate surface area is 169 Å². The third-order valence-electron chi connectivity index (χ3n) is 5.01. The summed E-state index contributed by atoms with van der Waals surface area (Å²) in [6.45, 7) is 3.55. The fourth-order valence-corrected chi connectivity index (χ4v) is 4.72. The maximum Gasteiger partial charge on any atom is 0.212 e. The molecule has 0 radical (unpaired) electrons. The highest BCUT2D eigenvalue weighted by Crippen LogP contribution is 2.41. The van der Waals surface area contributed by atoms with Crippen molar-refractivity contribution in [3.05, 3.63) is 64.7 Å². The van der Waals surface area contributed by atoms with Gasteiger partial charge < -0.3 is 15.5 Å². The van der Waals surface area contributed by atoms with Gasteiger partial charge in [0.15, 0.2) is 6.19 Å². The molecule has 3 N–H and O–H groups in total. The molecular weight excluding hydrogens is 368 g/mol. The smallest absolute Gasteiger partial charge is 0.212 e.